The zero-order valence-corrected chi connectivity index (χ0v) is 19.1. The summed E-state index contributed by atoms with van der Waals surface area (Å²) in [4.78, 5) is 16.9. The van der Waals surface area contributed by atoms with Crippen LogP contribution in [0.3, 0.4) is 0 Å². The summed E-state index contributed by atoms with van der Waals surface area (Å²) < 4.78 is 33.9. The smallest absolute Gasteiger partial charge is 0.251 e. The van der Waals surface area contributed by atoms with Gasteiger partial charge in [0.05, 0.1) is 24.5 Å². The Morgan fingerprint density at radius 1 is 1.03 bits per heavy atom. The molecule has 0 radical (unpaired) electrons. The van der Waals surface area contributed by atoms with Gasteiger partial charge in [-0.3, -0.25) is 4.79 Å². The van der Waals surface area contributed by atoms with E-state index in [4.69, 9.17) is 4.74 Å². The summed E-state index contributed by atoms with van der Waals surface area (Å²) >= 11 is 0. The van der Waals surface area contributed by atoms with E-state index in [0.29, 0.717) is 13.1 Å². The van der Waals surface area contributed by atoms with Crippen LogP contribution in [-0.4, -0.2) is 38.0 Å². The molecule has 8 nitrogen and oxygen atoms in total. The monoisotopic (exact) mass is 464 g/mol. The molecule has 9 heteroatoms. The van der Waals surface area contributed by atoms with Gasteiger partial charge in [0, 0.05) is 18.7 Å². The highest BCUT2D eigenvalue weighted by molar-refractivity contribution is 7.89. The van der Waals surface area contributed by atoms with Gasteiger partial charge in [-0.1, -0.05) is 36.4 Å². The third-order valence-electron chi connectivity index (χ3n) is 5.34. The topological polar surface area (TPSA) is 102 Å². The fraction of sp³-hybridized carbons (Fsp3) is 0.167. The largest absolute Gasteiger partial charge is 0.495 e. The number of carbonyl (C=O) groups excluding carboxylic acids is 1. The van der Waals surface area contributed by atoms with Gasteiger partial charge in [0.25, 0.3) is 5.91 Å². The molecule has 4 rings (SSSR count). The van der Waals surface area contributed by atoms with Crippen molar-refractivity contribution in [3.63, 3.8) is 0 Å². The Bertz CT molecular complexity index is 1400. The summed E-state index contributed by atoms with van der Waals surface area (Å²) in [7, 11) is -1.08. The molecule has 1 amide bonds. The molecule has 0 aliphatic carbocycles. The number of aromatic nitrogens is 2. The molecule has 0 spiro atoms. The summed E-state index contributed by atoms with van der Waals surface area (Å²) in [6, 6.07) is 20.2. The lowest BCUT2D eigenvalue weighted by Gasteiger charge is -2.11. The van der Waals surface area contributed by atoms with Gasteiger partial charge in [0.1, 0.15) is 10.6 Å². The summed E-state index contributed by atoms with van der Waals surface area (Å²) in [5.74, 6) is -0.207. The molecule has 0 atom stereocenters. The van der Waals surface area contributed by atoms with Gasteiger partial charge in [-0.2, -0.15) is 0 Å². The predicted molar refractivity (Wildman–Crippen MR) is 126 cm³/mol. The number of hydrogen-bond acceptors (Lipinski definition) is 5. The number of imidazole rings is 1. The SMILES string of the molecule is CNS(=O)(=O)c1cc(C(=O)NCc2ccc(Cn3cnc4ccccc43)cc2)ccc1OC. The van der Waals surface area contributed by atoms with Crippen LogP contribution in [-0.2, 0) is 23.1 Å². The molecule has 0 saturated heterocycles. The summed E-state index contributed by atoms with van der Waals surface area (Å²) in [6.45, 7) is 1.01. The van der Waals surface area contributed by atoms with E-state index in [1.54, 1.807) is 0 Å². The average Bonchev–Trinajstić information content (AvgIpc) is 3.25. The zero-order valence-electron chi connectivity index (χ0n) is 18.3. The summed E-state index contributed by atoms with van der Waals surface area (Å²) in [5.41, 5.74) is 4.31. The number of fused-ring (bicyclic) bond motifs is 1. The Balaban J connectivity index is 1.42. The predicted octanol–water partition coefficient (Wildman–Crippen LogP) is 2.93. The highest BCUT2D eigenvalue weighted by atomic mass is 32.2. The van der Waals surface area contributed by atoms with Crippen LogP contribution in [0.2, 0.25) is 0 Å². The first-order valence-corrected chi connectivity index (χ1v) is 11.8. The van der Waals surface area contributed by atoms with Gasteiger partial charge in [-0.25, -0.2) is 18.1 Å². The lowest BCUT2D eigenvalue weighted by atomic mass is 10.1. The maximum absolute atomic E-state index is 12.6. The van der Waals surface area contributed by atoms with Crippen molar-refractivity contribution in [3.05, 3.63) is 89.7 Å². The molecular weight excluding hydrogens is 440 g/mol. The third-order valence-corrected chi connectivity index (χ3v) is 6.78. The van der Waals surface area contributed by atoms with E-state index >= 15 is 0 Å². The first kappa shape index (κ1) is 22.5. The van der Waals surface area contributed by atoms with Crippen molar-refractivity contribution in [3.8, 4) is 5.75 Å². The van der Waals surface area contributed by atoms with Crippen molar-refractivity contribution in [1.29, 1.82) is 0 Å². The second-order valence-electron chi connectivity index (χ2n) is 7.43. The first-order valence-electron chi connectivity index (χ1n) is 10.3. The quantitative estimate of drug-likeness (QED) is 0.417. The molecule has 0 saturated carbocycles. The minimum absolute atomic E-state index is 0.0865. The number of methoxy groups -OCH3 is 1. The number of nitrogens with zero attached hydrogens (tertiary/aromatic N) is 2. The second-order valence-corrected chi connectivity index (χ2v) is 9.29. The van der Waals surface area contributed by atoms with Crippen molar-refractivity contribution >= 4 is 27.0 Å². The maximum atomic E-state index is 12.6. The lowest BCUT2D eigenvalue weighted by Crippen LogP contribution is -2.24. The number of para-hydroxylation sites is 2. The number of hydrogen-bond donors (Lipinski definition) is 2. The van der Waals surface area contributed by atoms with E-state index in [1.807, 2.05) is 54.9 Å². The van der Waals surface area contributed by atoms with Crippen LogP contribution in [0.4, 0.5) is 0 Å². The van der Waals surface area contributed by atoms with Crippen molar-refractivity contribution in [2.24, 2.45) is 0 Å². The highest BCUT2D eigenvalue weighted by Crippen LogP contribution is 2.24. The summed E-state index contributed by atoms with van der Waals surface area (Å²) in [6.07, 6.45) is 1.83. The average molecular weight is 465 g/mol. The number of sulfonamides is 1. The van der Waals surface area contributed by atoms with Gasteiger partial charge >= 0.3 is 0 Å². The molecule has 1 aromatic heterocycles. The van der Waals surface area contributed by atoms with Crippen molar-refractivity contribution in [2.45, 2.75) is 18.0 Å². The van der Waals surface area contributed by atoms with E-state index in [0.717, 1.165) is 22.2 Å². The Morgan fingerprint density at radius 2 is 1.76 bits per heavy atom. The summed E-state index contributed by atoms with van der Waals surface area (Å²) in [5, 5.41) is 2.83. The molecule has 2 N–H and O–H groups in total. The van der Waals surface area contributed by atoms with E-state index < -0.39 is 10.0 Å². The first-order chi connectivity index (χ1) is 15.9. The molecule has 0 aliphatic rings. The van der Waals surface area contributed by atoms with E-state index in [2.05, 4.69) is 19.6 Å². The molecule has 33 heavy (non-hydrogen) atoms. The molecule has 0 aliphatic heterocycles. The Morgan fingerprint density at radius 3 is 2.48 bits per heavy atom. The number of amides is 1. The van der Waals surface area contributed by atoms with Crippen LogP contribution < -0.4 is 14.8 Å². The van der Waals surface area contributed by atoms with Crippen molar-refractivity contribution in [1.82, 2.24) is 19.6 Å². The van der Waals surface area contributed by atoms with E-state index in [1.165, 1.54) is 32.4 Å². The molecular formula is C24H24N4O4S. The normalized spacial score (nSPS) is 11.5. The molecule has 3 aromatic carbocycles. The Kier molecular flexibility index (Phi) is 6.43. The van der Waals surface area contributed by atoms with Gasteiger partial charge in [-0.05, 0) is 48.5 Å². The minimum Gasteiger partial charge on any atom is -0.495 e. The standard InChI is InChI=1S/C24H24N4O4S/c1-25-33(30,31)23-13-19(11-12-22(23)32-2)24(29)26-14-17-7-9-18(10-8-17)15-28-16-27-20-5-3-4-6-21(20)28/h3-13,16,25H,14-15H2,1-2H3,(H,26,29). The van der Waals surface area contributed by atoms with Gasteiger partial charge in [-0.15, -0.1) is 0 Å². The minimum atomic E-state index is -3.77. The maximum Gasteiger partial charge on any atom is 0.251 e. The van der Waals surface area contributed by atoms with Crippen LogP contribution >= 0.6 is 0 Å². The van der Waals surface area contributed by atoms with Gasteiger partial charge in [0.2, 0.25) is 10.0 Å². The van der Waals surface area contributed by atoms with E-state index in [9.17, 15) is 13.2 Å². The molecule has 0 unspecified atom stereocenters. The molecule has 1 heterocycles. The fourth-order valence-corrected chi connectivity index (χ4v) is 4.44. The van der Waals surface area contributed by atoms with Gasteiger partial charge < -0.3 is 14.6 Å². The number of rotatable bonds is 8. The number of ether oxygens (including phenoxy) is 1. The van der Waals surface area contributed by atoms with Crippen molar-refractivity contribution < 1.29 is 17.9 Å². The zero-order chi connectivity index (χ0) is 23.4. The Hall–Kier alpha value is -3.69. The van der Waals surface area contributed by atoms with Crippen molar-refractivity contribution in [2.75, 3.05) is 14.2 Å². The van der Waals surface area contributed by atoms with Crippen LogP contribution in [0.5, 0.6) is 5.75 Å². The molecule has 4 aromatic rings. The molecule has 0 fully saturated rings. The number of nitrogens with one attached hydrogen (secondary N) is 2. The van der Waals surface area contributed by atoms with Gasteiger partial charge in [0.15, 0.2) is 0 Å². The molecule has 170 valence electrons. The third kappa shape index (κ3) is 4.89. The van der Waals surface area contributed by atoms with E-state index in [-0.39, 0.29) is 22.1 Å². The van der Waals surface area contributed by atoms with Crippen LogP contribution in [0.1, 0.15) is 21.5 Å². The second kappa shape index (κ2) is 9.43. The lowest BCUT2D eigenvalue weighted by molar-refractivity contribution is 0.0950. The Labute approximate surface area is 192 Å². The van der Waals surface area contributed by atoms with Crippen LogP contribution in [0.25, 0.3) is 11.0 Å². The highest BCUT2D eigenvalue weighted by Gasteiger charge is 2.20. The molecule has 0 bridgehead atoms. The van der Waals surface area contributed by atoms with Crippen LogP contribution in [0, 0.1) is 0 Å². The fourth-order valence-electron chi connectivity index (χ4n) is 3.52. The number of benzene rings is 3. The number of carbonyl (C=O) groups is 1. The van der Waals surface area contributed by atoms with Crippen LogP contribution in [0.15, 0.2) is 78.0 Å².